The molecule has 3 aromatic carbocycles. The number of hydrogen-bond donors (Lipinski definition) is 1. The molecule has 1 aliphatic heterocycles. The highest BCUT2D eigenvalue weighted by atomic mass is 35.5. The zero-order valence-corrected chi connectivity index (χ0v) is 18.0. The van der Waals surface area contributed by atoms with Crippen molar-refractivity contribution in [2.75, 3.05) is 10.2 Å². The second-order valence-corrected chi connectivity index (χ2v) is 7.78. The molecule has 0 spiro atoms. The molecule has 0 unspecified atom stereocenters. The number of hydrogen-bond acceptors (Lipinski definition) is 5. The van der Waals surface area contributed by atoms with Crippen LogP contribution in [0.3, 0.4) is 0 Å². The van der Waals surface area contributed by atoms with E-state index in [4.69, 9.17) is 11.6 Å². The van der Waals surface area contributed by atoms with Crippen LogP contribution >= 0.6 is 11.6 Å². The minimum atomic E-state index is -0.521. The zero-order chi connectivity index (χ0) is 23.0. The van der Waals surface area contributed by atoms with Crippen LogP contribution in [0.1, 0.15) is 16.7 Å². The topological polar surface area (TPSA) is 92.6 Å². The highest BCUT2D eigenvalue weighted by Crippen LogP contribution is 2.35. The van der Waals surface area contributed by atoms with Crippen LogP contribution in [0.25, 0.3) is 5.57 Å². The molecule has 0 bridgehead atoms. The predicted octanol–water partition coefficient (Wildman–Crippen LogP) is 5.26. The van der Waals surface area contributed by atoms with Gasteiger partial charge < -0.3 is 5.32 Å². The second kappa shape index (κ2) is 8.28. The molecule has 0 fully saturated rings. The number of rotatable bonds is 5. The summed E-state index contributed by atoms with van der Waals surface area (Å²) >= 11 is 6.22. The number of imide groups is 1. The molecule has 0 aliphatic carbocycles. The van der Waals surface area contributed by atoms with Gasteiger partial charge in [-0.05, 0) is 66.9 Å². The van der Waals surface area contributed by atoms with Crippen LogP contribution < -0.4 is 10.2 Å². The Morgan fingerprint density at radius 2 is 1.62 bits per heavy atom. The largest absolute Gasteiger partial charge is 0.350 e. The van der Waals surface area contributed by atoms with E-state index in [1.54, 1.807) is 43.3 Å². The fraction of sp³-hybridized carbons (Fsp3) is 0.0833. The van der Waals surface area contributed by atoms with Gasteiger partial charge in [0.1, 0.15) is 5.70 Å². The molecule has 0 radical (unpaired) electrons. The Morgan fingerprint density at radius 1 is 0.938 bits per heavy atom. The van der Waals surface area contributed by atoms with Crippen molar-refractivity contribution in [1.82, 2.24) is 0 Å². The lowest BCUT2D eigenvalue weighted by Crippen LogP contribution is -2.32. The summed E-state index contributed by atoms with van der Waals surface area (Å²) in [7, 11) is 0. The van der Waals surface area contributed by atoms with E-state index >= 15 is 0 Å². The van der Waals surface area contributed by atoms with Gasteiger partial charge in [0, 0.05) is 22.8 Å². The molecule has 4 rings (SSSR count). The van der Waals surface area contributed by atoms with Gasteiger partial charge in [0.25, 0.3) is 17.5 Å². The number of nitro groups is 1. The lowest BCUT2D eigenvalue weighted by Gasteiger charge is -2.16. The van der Waals surface area contributed by atoms with Crippen molar-refractivity contribution >= 4 is 46.1 Å². The van der Waals surface area contributed by atoms with Crippen molar-refractivity contribution in [3.8, 4) is 0 Å². The first-order valence-electron chi connectivity index (χ1n) is 9.74. The molecule has 1 aliphatic rings. The minimum absolute atomic E-state index is 0.0794. The lowest BCUT2D eigenvalue weighted by molar-refractivity contribution is -0.384. The summed E-state index contributed by atoms with van der Waals surface area (Å²) in [6, 6.07) is 17.8. The van der Waals surface area contributed by atoms with E-state index in [-0.39, 0.29) is 17.0 Å². The first-order chi connectivity index (χ1) is 15.3. The highest BCUT2D eigenvalue weighted by molar-refractivity contribution is 6.46. The van der Waals surface area contributed by atoms with Gasteiger partial charge in [0.05, 0.1) is 16.2 Å². The van der Waals surface area contributed by atoms with Crippen molar-refractivity contribution in [3.05, 3.63) is 104 Å². The molecule has 1 N–H and O–H groups in total. The van der Waals surface area contributed by atoms with Gasteiger partial charge in [0.15, 0.2) is 0 Å². The smallest absolute Gasteiger partial charge is 0.282 e. The second-order valence-electron chi connectivity index (χ2n) is 7.38. The quantitative estimate of drug-likeness (QED) is 0.327. The van der Waals surface area contributed by atoms with E-state index in [1.807, 2.05) is 13.0 Å². The monoisotopic (exact) mass is 447 g/mol. The summed E-state index contributed by atoms with van der Waals surface area (Å²) in [4.78, 5) is 38.5. The van der Waals surface area contributed by atoms with Crippen LogP contribution in [0.15, 0.2) is 72.4 Å². The maximum Gasteiger partial charge on any atom is 0.282 e. The average Bonchev–Trinajstić information content (AvgIpc) is 3.01. The Bertz CT molecular complexity index is 1300. The number of benzene rings is 3. The Kier molecular flexibility index (Phi) is 5.50. The van der Waals surface area contributed by atoms with E-state index in [2.05, 4.69) is 5.32 Å². The molecule has 0 aromatic heterocycles. The van der Waals surface area contributed by atoms with Gasteiger partial charge >= 0.3 is 0 Å². The number of nitrogens with one attached hydrogen (secondary N) is 1. The molecular weight excluding hydrogens is 430 g/mol. The molecule has 160 valence electrons. The highest BCUT2D eigenvalue weighted by Gasteiger charge is 2.40. The SMILES string of the molecule is Cc1cccc(N2C(=O)C(Nc3cccc(Cl)c3C)=C(c3ccc([N+](=O)[O-])cc3)C2=O)c1. The molecule has 1 heterocycles. The number of halogens is 1. The Morgan fingerprint density at radius 3 is 2.28 bits per heavy atom. The molecular formula is C24H18ClN3O4. The first kappa shape index (κ1) is 21.3. The third-order valence-electron chi connectivity index (χ3n) is 5.24. The van der Waals surface area contributed by atoms with Crippen LogP contribution in [0.2, 0.25) is 5.02 Å². The zero-order valence-electron chi connectivity index (χ0n) is 17.3. The number of amides is 2. The summed E-state index contributed by atoms with van der Waals surface area (Å²) < 4.78 is 0. The molecule has 8 heteroatoms. The van der Waals surface area contributed by atoms with Crippen molar-refractivity contribution in [2.24, 2.45) is 0 Å². The maximum atomic E-state index is 13.4. The van der Waals surface area contributed by atoms with Gasteiger partial charge in [-0.15, -0.1) is 0 Å². The molecule has 3 aromatic rings. The van der Waals surface area contributed by atoms with E-state index in [0.29, 0.717) is 22.0 Å². The number of non-ortho nitro benzene ring substituents is 1. The Balaban J connectivity index is 1.85. The van der Waals surface area contributed by atoms with Gasteiger partial charge in [-0.3, -0.25) is 19.7 Å². The average molecular weight is 448 g/mol. The summed E-state index contributed by atoms with van der Waals surface area (Å²) in [6.07, 6.45) is 0. The number of anilines is 2. The van der Waals surface area contributed by atoms with Crippen LogP contribution in [0.4, 0.5) is 17.1 Å². The van der Waals surface area contributed by atoms with Crippen LogP contribution in [-0.2, 0) is 9.59 Å². The Hall–Kier alpha value is -3.97. The standard InChI is InChI=1S/C24H18ClN3O4/c1-14-5-3-6-18(13-14)27-23(29)21(16-9-11-17(12-10-16)28(31)32)22(24(27)30)26-20-8-4-7-19(25)15(20)2/h3-13,26H,1-2H3. The van der Waals surface area contributed by atoms with Crippen molar-refractivity contribution in [1.29, 1.82) is 0 Å². The van der Waals surface area contributed by atoms with Crippen LogP contribution in [-0.4, -0.2) is 16.7 Å². The van der Waals surface area contributed by atoms with Crippen LogP contribution in [0, 0.1) is 24.0 Å². The molecule has 0 saturated heterocycles. The summed E-state index contributed by atoms with van der Waals surface area (Å²) in [6.45, 7) is 3.67. The third kappa shape index (κ3) is 3.74. The number of aryl methyl sites for hydroxylation is 1. The number of carbonyl (C=O) groups excluding carboxylic acids is 2. The predicted molar refractivity (Wildman–Crippen MR) is 124 cm³/mol. The van der Waals surface area contributed by atoms with Crippen molar-refractivity contribution in [3.63, 3.8) is 0 Å². The van der Waals surface area contributed by atoms with Gasteiger partial charge in [0.2, 0.25) is 0 Å². The summed E-state index contributed by atoms with van der Waals surface area (Å²) in [5, 5.41) is 14.6. The third-order valence-corrected chi connectivity index (χ3v) is 5.65. The van der Waals surface area contributed by atoms with E-state index in [0.717, 1.165) is 16.0 Å². The normalized spacial score (nSPS) is 13.7. The van der Waals surface area contributed by atoms with Crippen molar-refractivity contribution in [2.45, 2.75) is 13.8 Å². The fourth-order valence-electron chi connectivity index (χ4n) is 3.54. The van der Waals surface area contributed by atoms with E-state index in [1.165, 1.54) is 24.3 Å². The van der Waals surface area contributed by atoms with Gasteiger partial charge in [-0.25, -0.2) is 4.90 Å². The van der Waals surface area contributed by atoms with Crippen molar-refractivity contribution < 1.29 is 14.5 Å². The number of nitro benzene ring substituents is 1. The Labute approximate surface area is 189 Å². The van der Waals surface area contributed by atoms with Gasteiger partial charge in [-0.2, -0.15) is 0 Å². The van der Waals surface area contributed by atoms with Gasteiger partial charge in [-0.1, -0.05) is 29.8 Å². The lowest BCUT2D eigenvalue weighted by atomic mass is 10.0. The summed E-state index contributed by atoms with van der Waals surface area (Å²) in [5.41, 5.74) is 3.14. The molecule has 0 saturated carbocycles. The molecule has 0 atom stereocenters. The first-order valence-corrected chi connectivity index (χ1v) is 10.1. The van der Waals surface area contributed by atoms with E-state index in [9.17, 15) is 19.7 Å². The van der Waals surface area contributed by atoms with E-state index < -0.39 is 16.7 Å². The maximum absolute atomic E-state index is 13.4. The number of carbonyl (C=O) groups is 2. The molecule has 2 amide bonds. The van der Waals surface area contributed by atoms with Crippen LogP contribution in [0.5, 0.6) is 0 Å². The number of nitrogens with zero attached hydrogens (tertiary/aromatic N) is 2. The molecule has 32 heavy (non-hydrogen) atoms. The minimum Gasteiger partial charge on any atom is -0.350 e. The summed E-state index contributed by atoms with van der Waals surface area (Å²) in [5.74, 6) is -1.04. The molecule has 7 nitrogen and oxygen atoms in total. The fourth-order valence-corrected chi connectivity index (χ4v) is 3.72.